The van der Waals surface area contributed by atoms with Gasteiger partial charge in [-0.1, -0.05) is 0 Å². The first-order chi connectivity index (χ1) is 9.73. The number of rotatable bonds is 6. The zero-order valence-corrected chi connectivity index (χ0v) is 11.8. The molecule has 108 valence electrons. The van der Waals surface area contributed by atoms with Gasteiger partial charge in [-0.2, -0.15) is 0 Å². The van der Waals surface area contributed by atoms with Crippen molar-refractivity contribution in [1.29, 1.82) is 0 Å². The number of oxazole rings is 1. The highest BCUT2D eigenvalue weighted by Gasteiger charge is 2.16. The number of hydrogen-bond acceptors (Lipinski definition) is 6. The van der Waals surface area contributed by atoms with Crippen molar-refractivity contribution in [2.24, 2.45) is 5.73 Å². The molecule has 6 nitrogen and oxygen atoms in total. The maximum atomic E-state index is 5.50. The fourth-order valence-electron chi connectivity index (χ4n) is 1.91. The molecule has 0 radical (unpaired) electrons. The van der Waals surface area contributed by atoms with Crippen LogP contribution in [-0.4, -0.2) is 32.9 Å². The van der Waals surface area contributed by atoms with Gasteiger partial charge >= 0.3 is 0 Å². The Bertz CT molecular complexity index is 555. The van der Waals surface area contributed by atoms with Crippen LogP contribution in [0.25, 0.3) is 11.5 Å². The Morgan fingerprint density at radius 3 is 2.25 bits per heavy atom. The molecule has 1 aromatic heterocycles. The second-order valence-corrected chi connectivity index (χ2v) is 4.10. The highest BCUT2D eigenvalue weighted by molar-refractivity contribution is 5.65. The van der Waals surface area contributed by atoms with E-state index in [1.165, 1.54) is 0 Å². The predicted octanol–water partition coefficient (Wildman–Crippen LogP) is 1.87. The second kappa shape index (κ2) is 6.29. The van der Waals surface area contributed by atoms with Gasteiger partial charge in [-0.05, 0) is 18.7 Å². The molecule has 0 saturated heterocycles. The highest BCUT2D eigenvalue weighted by Crippen LogP contribution is 2.40. The fourth-order valence-corrected chi connectivity index (χ4v) is 1.91. The molecule has 0 aliphatic rings. The van der Waals surface area contributed by atoms with E-state index in [1.807, 2.05) is 0 Å². The summed E-state index contributed by atoms with van der Waals surface area (Å²) < 4.78 is 21.3. The molecular weight excluding hydrogens is 260 g/mol. The van der Waals surface area contributed by atoms with Crippen LogP contribution in [0, 0.1) is 0 Å². The topological polar surface area (TPSA) is 79.7 Å². The Kier molecular flexibility index (Phi) is 4.47. The van der Waals surface area contributed by atoms with Crippen molar-refractivity contribution in [1.82, 2.24) is 4.98 Å². The molecule has 6 heteroatoms. The average molecular weight is 278 g/mol. The Morgan fingerprint density at radius 1 is 1.10 bits per heavy atom. The summed E-state index contributed by atoms with van der Waals surface area (Å²) in [4.78, 5) is 4.38. The third-order valence-electron chi connectivity index (χ3n) is 2.86. The van der Waals surface area contributed by atoms with Crippen LogP contribution in [0.5, 0.6) is 17.2 Å². The van der Waals surface area contributed by atoms with Gasteiger partial charge in [0.05, 0.1) is 27.0 Å². The number of methoxy groups -OCH3 is 3. The zero-order valence-electron chi connectivity index (χ0n) is 11.8. The van der Waals surface area contributed by atoms with Crippen molar-refractivity contribution in [3.8, 4) is 28.7 Å². The average Bonchev–Trinajstić information content (AvgIpc) is 2.94. The summed E-state index contributed by atoms with van der Waals surface area (Å²) >= 11 is 0. The minimum absolute atomic E-state index is 0.493. The van der Waals surface area contributed by atoms with Gasteiger partial charge in [-0.25, -0.2) is 4.98 Å². The SMILES string of the molecule is COc1cc(-c2nc(CCN)co2)cc(OC)c1OC. The van der Waals surface area contributed by atoms with E-state index in [0.29, 0.717) is 36.1 Å². The maximum Gasteiger partial charge on any atom is 0.226 e. The molecule has 2 N–H and O–H groups in total. The lowest BCUT2D eigenvalue weighted by Gasteiger charge is -2.12. The number of ether oxygens (including phenoxy) is 3. The van der Waals surface area contributed by atoms with Crippen LogP contribution >= 0.6 is 0 Å². The molecule has 0 fully saturated rings. The summed E-state index contributed by atoms with van der Waals surface area (Å²) in [6.07, 6.45) is 2.28. The van der Waals surface area contributed by atoms with Gasteiger partial charge in [0, 0.05) is 12.0 Å². The van der Waals surface area contributed by atoms with Crippen LogP contribution < -0.4 is 19.9 Å². The molecule has 1 heterocycles. The lowest BCUT2D eigenvalue weighted by Crippen LogP contribution is -2.02. The monoisotopic (exact) mass is 278 g/mol. The first-order valence-electron chi connectivity index (χ1n) is 6.18. The lowest BCUT2D eigenvalue weighted by molar-refractivity contribution is 0.324. The van der Waals surface area contributed by atoms with Gasteiger partial charge in [-0.15, -0.1) is 0 Å². The van der Waals surface area contributed by atoms with Crippen LogP contribution in [-0.2, 0) is 6.42 Å². The van der Waals surface area contributed by atoms with Gasteiger partial charge in [0.25, 0.3) is 0 Å². The van der Waals surface area contributed by atoms with E-state index in [4.69, 9.17) is 24.4 Å². The molecule has 0 atom stereocenters. The number of hydrogen-bond donors (Lipinski definition) is 1. The standard InChI is InChI=1S/C14H18N2O4/c1-17-11-6-9(7-12(18-2)13(11)19-3)14-16-10(4-5-15)8-20-14/h6-8H,4-5,15H2,1-3H3. The van der Waals surface area contributed by atoms with E-state index < -0.39 is 0 Å². The van der Waals surface area contributed by atoms with Crippen molar-refractivity contribution in [3.05, 3.63) is 24.1 Å². The molecule has 20 heavy (non-hydrogen) atoms. The zero-order chi connectivity index (χ0) is 14.5. The van der Waals surface area contributed by atoms with Crippen molar-refractivity contribution in [2.45, 2.75) is 6.42 Å². The van der Waals surface area contributed by atoms with Crippen molar-refractivity contribution >= 4 is 0 Å². The Labute approximate surface area is 117 Å². The number of aromatic nitrogens is 1. The minimum atomic E-state index is 0.493. The molecule has 2 rings (SSSR count). The third kappa shape index (κ3) is 2.70. The molecule has 0 aliphatic heterocycles. The lowest BCUT2D eigenvalue weighted by atomic mass is 10.2. The summed E-state index contributed by atoms with van der Waals surface area (Å²) in [6.45, 7) is 0.529. The van der Waals surface area contributed by atoms with Gasteiger partial charge in [0.1, 0.15) is 6.26 Å². The molecule has 0 bridgehead atoms. The third-order valence-corrected chi connectivity index (χ3v) is 2.86. The summed E-state index contributed by atoms with van der Waals surface area (Å²) in [5.74, 6) is 2.14. The molecule has 1 aromatic carbocycles. The number of nitrogens with two attached hydrogens (primary N) is 1. The second-order valence-electron chi connectivity index (χ2n) is 4.10. The van der Waals surface area contributed by atoms with E-state index >= 15 is 0 Å². The van der Waals surface area contributed by atoms with Crippen LogP contribution in [0.15, 0.2) is 22.8 Å². The largest absolute Gasteiger partial charge is 0.493 e. The Morgan fingerprint density at radius 2 is 1.75 bits per heavy atom. The molecule has 0 aliphatic carbocycles. The van der Waals surface area contributed by atoms with E-state index in [0.717, 1.165) is 11.3 Å². The van der Waals surface area contributed by atoms with Crippen LogP contribution in [0.3, 0.4) is 0 Å². The molecular formula is C14H18N2O4. The molecule has 0 saturated carbocycles. The van der Waals surface area contributed by atoms with Gasteiger partial charge < -0.3 is 24.4 Å². The molecule has 0 unspecified atom stereocenters. The van der Waals surface area contributed by atoms with Crippen molar-refractivity contribution < 1.29 is 18.6 Å². The highest BCUT2D eigenvalue weighted by atomic mass is 16.5. The van der Waals surface area contributed by atoms with Gasteiger partial charge in [0.15, 0.2) is 11.5 Å². The summed E-state index contributed by atoms with van der Waals surface area (Å²) in [7, 11) is 4.69. The van der Waals surface area contributed by atoms with E-state index in [-0.39, 0.29) is 0 Å². The van der Waals surface area contributed by atoms with Crippen molar-refractivity contribution in [3.63, 3.8) is 0 Å². The molecule has 0 spiro atoms. The van der Waals surface area contributed by atoms with Crippen molar-refractivity contribution in [2.75, 3.05) is 27.9 Å². The fraction of sp³-hybridized carbons (Fsp3) is 0.357. The van der Waals surface area contributed by atoms with Gasteiger partial charge in [0.2, 0.25) is 11.6 Å². The first-order valence-corrected chi connectivity index (χ1v) is 6.18. The molecule has 2 aromatic rings. The van der Waals surface area contributed by atoms with E-state index in [9.17, 15) is 0 Å². The maximum absolute atomic E-state index is 5.50. The van der Waals surface area contributed by atoms with Gasteiger partial charge in [-0.3, -0.25) is 0 Å². The molecule has 0 amide bonds. The Balaban J connectivity index is 2.45. The number of benzene rings is 1. The summed E-state index contributed by atoms with van der Waals surface area (Å²) in [6, 6.07) is 3.58. The van der Waals surface area contributed by atoms with E-state index in [1.54, 1.807) is 39.7 Å². The Hall–Kier alpha value is -2.21. The summed E-state index contributed by atoms with van der Waals surface area (Å²) in [5, 5.41) is 0. The van der Waals surface area contributed by atoms with Crippen LogP contribution in [0.4, 0.5) is 0 Å². The van der Waals surface area contributed by atoms with Crippen LogP contribution in [0.2, 0.25) is 0 Å². The summed E-state index contributed by atoms with van der Waals surface area (Å²) in [5.41, 5.74) is 7.07. The predicted molar refractivity (Wildman–Crippen MR) is 74.4 cm³/mol. The minimum Gasteiger partial charge on any atom is -0.493 e. The van der Waals surface area contributed by atoms with E-state index in [2.05, 4.69) is 4.98 Å². The quantitative estimate of drug-likeness (QED) is 0.869. The number of nitrogens with zero attached hydrogens (tertiary/aromatic N) is 1. The van der Waals surface area contributed by atoms with Crippen LogP contribution in [0.1, 0.15) is 5.69 Å². The normalized spacial score (nSPS) is 10.4. The smallest absolute Gasteiger partial charge is 0.226 e. The first kappa shape index (κ1) is 14.2.